The van der Waals surface area contributed by atoms with Crippen LogP contribution >= 0.6 is 22.7 Å². The van der Waals surface area contributed by atoms with E-state index in [9.17, 15) is 0 Å². The van der Waals surface area contributed by atoms with Crippen LogP contribution in [-0.2, 0) is 0 Å². The van der Waals surface area contributed by atoms with Crippen molar-refractivity contribution in [1.82, 2.24) is 0 Å². The zero-order chi connectivity index (χ0) is 9.54. The molecule has 0 bridgehead atoms. The van der Waals surface area contributed by atoms with Crippen LogP contribution in [0.1, 0.15) is 0 Å². The monoisotopic (exact) mass is 220 g/mol. The first-order valence-corrected chi connectivity index (χ1v) is 6.02. The van der Waals surface area contributed by atoms with E-state index in [4.69, 9.17) is 4.74 Å². The van der Waals surface area contributed by atoms with Crippen LogP contribution in [0.2, 0.25) is 0 Å². The maximum absolute atomic E-state index is 5.20. The van der Waals surface area contributed by atoms with Gasteiger partial charge in [0.2, 0.25) is 0 Å². The standard InChI is InChI=1S/C11H8OS2/c1-12-7-2-3-8-10(6-7)14-9-4-5-13-11(8)9/h2-6H,1H3. The molecule has 1 nitrogen and oxygen atoms in total. The minimum Gasteiger partial charge on any atom is -0.497 e. The molecule has 0 amide bonds. The molecule has 3 aromatic rings. The molecule has 0 N–H and O–H groups in total. The van der Waals surface area contributed by atoms with Gasteiger partial charge < -0.3 is 4.74 Å². The molecule has 0 unspecified atom stereocenters. The number of thiophene rings is 2. The average Bonchev–Trinajstić information content (AvgIpc) is 2.75. The number of benzene rings is 1. The lowest BCUT2D eigenvalue weighted by Crippen LogP contribution is -1.79. The molecule has 0 spiro atoms. The fraction of sp³-hybridized carbons (Fsp3) is 0.0909. The Balaban J connectivity index is 2.43. The number of hydrogen-bond acceptors (Lipinski definition) is 3. The predicted molar refractivity (Wildman–Crippen MR) is 63.8 cm³/mol. The van der Waals surface area contributed by atoms with Gasteiger partial charge in [-0.05, 0) is 29.6 Å². The number of hydrogen-bond donors (Lipinski definition) is 0. The van der Waals surface area contributed by atoms with Crippen molar-refractivity contribution in [3.63, 3.8) is 0 Å². The molecule has 0 aliphatic heterocycles. The van der Waals surface area contributed by atoms with E-state index >= 15 is 0 Å². The van der Waals surface area contributed by atoms with E-state index in [1.807, 2.05) is 17.4 Å². The van der Waals surface area contributed by atoms with E-state index in [0.717, 1.165) is 5.75 Å². The topological polar surface area (TPSA) is 9.23 Å². The second-order valence-electron chi connectivity index (χ2n) is 3.08. The summed E-state index contributed by atoms with van der Waals surface area (Å²) in [7, 11) is 1.71. The first-order chi connectivity index (χ1) is 6.88. The van der Waals surface area contributed by atoms with Gasteiger partial charge in [-0.1, -0.05) is 0 Å². The summed E-state index contributed by atoms with van der Waals surface area (Å²) >= 11 is 3.63. The van der Waals surface area contributed by atoms with Crippen LogP contribution in [0.5, 0.6) is 5.75 Å². The highest BCUT2D eigenvalue weighted by Gasteiger charge is 2.06. The third-order valence-corrected chi connectivity index (χ3v) is 4.48. The number of rotatable bonds is 1. The predicted octanol–water partition coefficient (Wildman–Crippen LogP) is 4.12. The van der Waals surface area contributed by atoms with Gasteiger partial charge in [-0.25, -0.2) is 0 Å². The molecule has 0 atom stereocenters. The summed E-state index contributed by atoms with van der Waals surface area (Å²) in [6.45, 7) is 0. The molecule has 0 saturated carbocycles. The molecule has 2 heterocycles. The van der Waals surface area contributed by atoms with Gasteiger partial charge in [-0.15, -0.1) is 22.7 Å². The summed E-state index contributed by atoms with van der Waals surface area (Å²) in [4.78, 5) is 0. The molecule has 2 aromatic heterocycles. The van der Waals surface area contributed by atoms with Crippen LogP contribution in [0.25, 0.3) is 19.5 Å². The van der Waals surface area contributed by atoms with Crippen molar-refractivity contribution in [1.29, 1.82) is 0 Å². The van der Waals surface area contributed by atoms with E-state index in [2.05, 4.69) is 23.6 Å². The third-order valence-electron chi connectivity index (χ3n) is 2.28. The zero-order valence-electron chi connectivity index (χ0n) is 7.61. The second-order valence-corrected chi connectivity index (χ2v) is 5.08. The van der Waals surface area contributed by atoms with Crippen molar-refractivity contribution in [2.75, 3.05) is 7.11 Å². The summed E-state index contributed by atoms with van der Waals surface area (Å²) in [5.41, 5.74) is 0. The average molecular weight is 220 g/mol. The summed E-state index contributed by atoms with van der Waals surface area (Å²) in [5.74, 6) is 0.936. The highest BCUT2D eigenvalue weighted by Crippen LogP contribution is 2.38. The van der Waals surface area contributed by atoms with Crippen molar-refractivity contribution >= 4 is 42.2 Å². The summed E-state index contributed by atoms with van der Waals surface area (Å²) in [5, 5.41) is 3.49. The van der Waals surface area contributed by atoms with Gasteiger partial charge in [-0.2, -0.15) is 0 Å². The fourth-order valence-electron chi connectivity index (χ4n) is 1.59. The minimum atomic E-state index is 0.936. The van der Waals surface area contributed by atoms with Crippen molar-refractivity contribution in [2.24, 2.45) is 0 Å². The molecule has 3 rings (SSSR count). The molecule has 0 aliphatic carbocycles. The summed E-state index contributed by atoms with van der Waals surface area (Å²) < 4.78 is 9.29. The Morgan fingerprint density at radius 2 is 2.07 bits per heavy atom. The molecule has 70 valence electrons. The molecule has 1 aromatic carbocycles. The normalized spacial score (nSPS) is 11.2. The van der Waals surface area contributed by atoms with Crippen molar-refractivity contribution in [3.8, 4) is 5.75 Å². The molecular weight excluding hydrogens is 212 g/mol. The Labute approximate surface area is 89.6 Å². The van der Waals surface area contributed by atoms with Crippen LogP contribution in [0.15, 0.2) is 29.6 Å². The lowest BCUT2D eigenvalue weighted by atomic mass is 10.2. The smallest absolute Gasteiger partial charge is 0.120 e. The molecule has 14 heavy (non-hydrogen) atoms. The van der Waals surface area contributed by atoms with Crippen molar-refractivity contribution in [2.45, 2.75) is 0 Å². The SMILES string of the molecule is COc1ccc2c(c1)sc1ccsc12. The summed E-state index contributed by atoms with van der Waals surface area (Å²) in [6, 6.07) is 8.45. The zero-order valence-corrected chi connectivity index (χ0v) is 9.24. The largest absolute Gasteiger partial charge is 0.497 e. The minimum absolute atomic E-state index is 0.936. The van der Waals surface area contributed by atoms with E-state index in [1.165, 1.54) is 19.5 Å². The number of fused-ring (bicyclic) bond motifs is 3. The Morgan fingerprint density at radius 1 is 1.14 bits per heavy atom. The van der Waals surface area contributed by atoms with Crippen LogP contribution in [0, 0.1) is 0 Å². The first kappa shape index (κ1) is 8.26. The molecule has 0 saturated heterocycles. The van der Waals surface area contributed by atoms with E-state index in [-0.39, 0.29) is 0 Å². The van der Waals surface area contributed by atoms with Crippen LogP contribution in [0.4, 0.5) is 0 Å². The lowest BCUT2D eigenvalue weighted by Gasteiger charge is -1.97. The molecule has 0 aliphatic rings. The Hall–Kier alpha value is -1.06. The quantitative estimate of drug-likeness (QED) is 0.599. The maximum atomic E-state index is 5.20. The van der Waals surface area contributed by atoms with Crippen LogP contribution < -0.4 is 4.74 Å². The van der Waals surface area contributed by atoms with Gasteiger partial charge in [0.05, 0.1) is 11.8 Å². The van der Waals surface area contributed by atoms with Gasteiger partial charge in [0, 0.05) is 14.8 Å². The van der Waals surface area contributed by atoms with Crippen molar-refractivity contribution < 1.29 is 4.74 Å². The molecule has 3 heteroatoms. The lowest BCUT2D eigenvalue weighted by molar-refractivity contribution is 0.415. The van der Waals surface area contributed by atoms with Gasteiger partial charge in [-0.3, -0.25) is 0 Å². The van der Waals surface area contributed by atoms with Gasteiger partial charge in [0.1, 0.15) is 5.75 Å². The van der Waals surface area contributed by atoms with Crippen molar-refractivity contribution in [3.05, 3.63) is 29.6 Å². The maximum Gasteiger partial charge on any atom is 0.120 e. The number of ether oxygens (including phenoxy) is 1. The Bertz CT molecular complexity index is 591. The first-order valence-electron chi connectivity index (χ1n) is 4.32. The molecule has 0 fully saturated rings. The van der Waals surface area contributed by atoms with E-state index < -0.39 is 0 Å². The number of methoxy groups -OCH3 is 1. The highest BCUT2D eigenvalue weighted by atomic mass is 32.1. The summed E-state index contributed by atoms with van der Waals surface area (Å²) in [6.07, 6.45) is 0. The highest BCUT2D eigenvalue weighted by molar-refractivity contribution is 7.32. The van der Waals surface area contributed by atoms with Gasteiger partial charge in [0.25, 0.3) is 0 Å². The Morgan fingerprint density at radius 3 is 2.93 bits per heavy atom. The van der Waals surface area contributed by atoms with E-state index in [0.29, 0.717) is 0 Å². The fourth-order valence-corrected chi connectivity index (χ4v) is 3.87. The van der Waals surface area contributed by atoms with Gasteiger partial charge in [0.15, 0.2) is 0 Å². The Kier molecular flexibility index (Phi) is 1.75. The third kappa shape index (κ3) is 1.06. The second kappa shape index (κ2) is 2.97. The molecular formula is C11H8OS2. The van der Waals surface area contributed by atoms with E-state index in [1.54, 1.807) is 18.4 Å². The van der Waals surface area contributed by atoms with Crippen LogP contribution in [-0.4, -0.2) is 7.11 Å². The molecule has 0 radical (unpaired) electrons. The van der Waals surface area contributed by atoms with Crippen LogP contribution in [0.3, 0.4) is 0 Å². The van der Waals surface area contributed by atoms with Gasteiger partial charge >= 0.3 is 0 Å².